The number of tetrazole rings is 1. The minimum absolute atomic E-state index is 0.0865. The minimum Gasteiger partial charge on any atom is -0.340 e. The summed E-state index contributed by atoms with van der Waals surface area (Å²) in [5.74, 6) is 0.940. The van der Waals surface area contributed by atoms with Crippen molar-refractivity contribution in [3.8, 4) is 39.3 Å². The van der Waals surface area contributed by atoms with Crippen LogP contribution in [0.25, 0.3) is 39.3 Å². The zero-order chi connectivity index (χ0) is 27.7. The largest absolute Gasteiger partial charge is 0.340 e. The number of aromatic amines is 2. The van der Waals surface area contributed by atoms with Gasteiger partial charge < -0.3 is 9.55 Å². The van der Waals surface area contributed by atoms with Crippen LogP contribution in [0.5, 0.6) is 0 Å². The van der Waals surface area contributed by atoms with Gasteiger partial charge in [0.2, 0.25) is 0 Å². The summed E-state index contributed by atoms with van der Waals surface area (Å²) in [6.07, 6.45) is 8.04. The summed E-state index contributed by atoms with van der Waals surface area (Å²) >= 11 is 6.37. The van der Waals surface area contributed by atoms with Gasteiger partial charge >= 0.3 is 0 Å². The number of H-pyrrole nitrogens is 2. The third kappa shape index (κ3) is 3.86. The summed E-state index contributed by atoms with van der Waals surface area (Å²) in [5.41, 5.74) is 10.1. The van der Waals surface area contributed by atoms with E-state index in [1.807, 2.05) is 29.1 Å². The quantitative estimate of drug-likeness (QED) is 0.308. The normalized spacial score (nSPS) is 17.3. The second-order valence-corrected chi connectivity index (χ2v) is 11.2. The van der Waals surface area contributed by atoms with Crippen LogP contribution in [0.4, 0.5) is 0 Å². The Kier molecular flexibility index (Phi) is 5.33. The van der Waals surface area contributed by atoms with Gasteiger partial charge in [-0.15, -0.1) is 5.10 Å². The Morgan fingerprint density at radius 3 is 2.76 bits per heavy atom. The van der Waals surface area contributed by atoms with Crippen LogP contribution in [-0.4, -0.2) is 44.9 Å². The van der Waals surface area contributed by atoms with Crippen molar-refractivity contribution >= 4 is 11.6 Å². The molecule has 0 unspecified atom stereocenters. The summed E-state index contributed by atoms with van der Waals surface area (Å²) in [6, 6.07) is 15.5. The lowest BCUT2D eigenvalue weighted by atomic mass is 9.89. The van der Waals surface area contributed by atoms with E-state index in [2.05, 4.69) is 61.9 Å². The van der Waals surface area contributed by atoms with Gasteiger partial charge in [0.05, 0.1) is 35.5 Å². The first-order valence-electron chi connectivity index (χ1n) is 13.5. The molecule has 0 saturated carbocycles. The van der Waals surface area contributed by atoms with E-state index in [0.717, 1.165) is 64.5 Å². The number of fused-ring (bicyclic) bond motifs is 4. The van der Waals surface area contributed by atoms with Crippen molar-refractivity contribution in [1.29, 1.82) is 0 Å². The Morgan fingerprint density at radius 1 is 0.976 bits per heavy atom. The van der Waals surface area contributed by atoms with Crippen LogP contribution in [0.1, 0.15) is 47.9 Å². The number of pyridine rings is 1. The molecular formula is C30H24ClN9O. The Labute approximate surface area is 239 Å². The molecule has 6 aromatic rings. The average molecular weight is 562 g/mol. The maximum Gasteiger partial charge on any atom is 0.252 e. The molecule has 0 radical (unpaired) electrons. The van der Waals surface area contributed by atoms with Crippen LogP contribution in [0.3, 0.4) is 0 Å². The molecule has 0 amide bonds. The van der Waals surface area contributed by atoms with Gasteiger partial charge in [-0.05, 0) is 88.2 Å². The molecule has 5 heterocycles. The van der Waals surface area contributed by atoms with E-state index in [1.165, 1.54) is 23.0 Å². The Bertz CT molecular complexity index is 2000. The summed E-state index contributed by atoms with van der Waals surface area (Å²) in [4.78, 5) is 21.9. The summed E-state index contributed by atoms with van der Waals surface area (Å²) in [5, 5.41) is 19.5. The Morgan fingerprint density at radius 2 is 1.88 bits per heavy atom. The molecule has 11 heteroatoms. The molecule has 2 aliphatic rings. The van der Waals surface area contributed by atoms with Gasteiger partial charge in [-0.1, -0.05) is 30.7 Å². The fraction of sp³-hybridized carbons (Fsp3) is 0.200. The number of benzene rings is 2. The SMILES string of the molecule is C[C@@H]1C[C@@H](c2ncc(-c3ccc4c(c3)CCc3cn[nH]c3-4)[nH]2)n2c1cc(-c1cc(Cl)ccc1-n1cnnn1)cc2=O. The van der Waals surface area contributed by atoms with E-state index in [-0.39, 0.29) is 17.5 Å². The molecule has 202 valence electrons. The number of halogens is 1. The molecular weight excluding hydrogens is 538 g/mol. The third-order valence-corrected chi connectivity index (χ3v) is 8.57. The van der Waals surface area contributed by atoms with E-state index < -0.39 is 0 Å². The van der Waals surface area contributed by atoms with Crippen molar-refractivity contribution in [2.24, 2.45) is 0 Å². The monoisotopic (exact) mass is 561 g/mol. The number of aryl methyl sites for hydroxylation is 2. The highest BCUT2D eigenvalue weighted by Gasteiger charge is 2.33. The number of imidazole rings is 1. The minimum atomic E-state index is -0.182. The number of nitrogens with one attached hydrogen (secondary N) is 2. The lowest BCUT2D eigenvalue weighted by Crippen LogP contribution is -2.24. The Hall–Kier alpha value is -4.83. The van der Waals surface area contributed by atoms with Crippen LogP contribution >= 0.6 is 11.6 Å². The van der Waals surface area contributed by atoms with Gasteiger partial charge in [-0.2, -0.15) is 9.78 Å². The predicted molar refractivity (Wildman–Crippen MR) is 154 cm³/mol. The zero-order valence-electron chi connectivity index (χ0n) is 22.0. The van der Waals surface area contributed by atoms with Gasteiger partial charge in [0.1, 0.15) is 12.2 Å². The van der Waals surface area contributed by atoms with Gasteiger partial charge in [-0.25, -0.2) is 4.98 Å². The summed E-state index contributed by atoms with van der Waals surface area (Å²) in [7, 11) is 0. The summed E-state index contributed by atoms with van der Waals surface area (Å²) in [6.45, 7) is 2.15. The van der Waals surface area contributed by atoms with E-state index in [9.17, 15) is 4.79 Å². The van der Waals surface area contributed by atoms with Crippen molar-refractivity contribution in [3.63, 3.8) is 0 Å². The molecule has 0 fully saturated rings. The summed E-state index contributed by atoms with van der Waals surface area (Å²) < 4.78 is 3.44. The molecule has 4 aromatic heterocycles. The standard InChI is InChI=1S/C30H24ClN9O/c1-16-8-27(30-32-14-24(35-30)18-4-6-22-17(9-18)2-3-19-13-33-36-29(19)22)40-26(16)10-20(11-28(40)41)23-12-21(31)5-7-25(23)39-15-34-37-38-39/h4-7,9-16,27H,2-3,8H2,1H3,(H,32,35)(H,33,36)/t16-,27+/m1/s1. The number of aromatic nitrogens is 9. The molecule has 1 aliphatic carbocycles. The fourth-order valence-electron chi connectivity index (χ4n) is 6.34. The van der Waals surface area contributed by atoms with Crippen molar-refractivity contribution in [1.82, 2.24) is 44.9 Å². The van der Waals surface area contributed by atoms with Crippen LogP contribution in [-0.2, 0) is 12.8 Å². The third-order valence-electron chi connectivity index (χ3n) is 8.34. The maximum atomic E-state index is 13.7. The average Bonchev–Trinajstić information content (AvgIpc) is 3.80. The molecule has 2 N–H and O–H groups in total. The van der Waals surface area contributed by atoms with Crippen LogP contribution in [0, 0.1) is 0 Å². The van der Waals surface area contributed by atoms with E-state index in [0.29, 0.717) is 5.02 Å². The smallest absolute Gasteiger partial charge is 0.252 e. The highest BCUT2D eigenvalue weighted by atomic mass is 35.5. The van der Waals surface area contributed by atoms with Crippen LogP contribution < -0.4 is 5.56 Å². The maximum absolute atomic E-state index is 13.7. The second kappa shape index (κ2) is 9.10. The molecule has 10 nitrogen and oxygen atoms in total. The molecule has 41 heavy (non-hydrogen) atoms. The highest BCUT2D eigenvalue weighted by molar-refractivity contribution is 6.31. The number of rotatable bonds is 4. The highest BCUT2D eigenvalue weighted by Crippen LogP contribution is 2.40. The molecule has 0 saturated heterocycles. The molecule has 0 spiro atoms. The molecule has 0 bridgehead atoms. The topological polar surface area (TPSA) is 123 Å². The van der Waals surface area contributed by atoms with E-state index in [4.69, 9.17) is 16.6 Å². The van der Waals surface area contributed by atoms with Gasteiger partial charge in [0.25, 0.3) is 5.56 Å². The van der Waals surface area contributed by atoms with E-state index in [1.54, 1.807) is 16.8 Å². The molecule has 8 rings (SSSR count). The number of hydrogen-bond donors (Lipinski definition) is 2. The number of nitrogens with zero attached hydrogens (tertiary/aromatic N) is 7. The first kappa shape index (κ1) is 24.0. The van der Waals surface area contributed by atoms with Crippen molar-refractivity contribution in [2.75, 3.05) is 0 Å². The lowest BCUT2D eigenvalue weighted by molar-refractivity contribution is 0.557. The van der Waals surface area contributed by atoms with Gasteiger partial charge in [0, 0.05) is 27.9 Å². The van der Waals surface area contributed by atoms with Crippen LogP contribution in [0.2, 0.25) is 5.02 Å². The van der Waals surface area contributed by atoms with E-state index >= 15 is 0 Å². The van der Waals surface area contributed by atoms with Crippen molar-refractivity contribution in [3.05, 3.63) is 105 Å². The van der Waals surface area contributed by atoms with Crippen LogP contribution in [0.15, 0.2) is 72.0 Å². The fourth-order valence-corrected chi connectivity index (χ4v) is 6.51. The first-order valence-corrected chi connectivity index (χ1v) is 13.9. The first-order chi connectivity index (χ1) is 20.0. The van der Waals surface area contributed by atoms with Crippen molar-refractivity contribution < 1.29 is 0 Å². The van der Waals surface area contributed by atoms with Gasteiger partial charge in [0.15, 0.2) is 0 Å². The number of hydrogen-bond acceptors (Lipinski definition) is 6. The van der Waals surface area contributed by atoms with Crippen molar-refractivity contribution in [2.45, 2.75) is 38.1 Å². The molecule has 1 aliphatic heterocycles. The second-order valence-electron chi connectivity index (χ2n) is 10.8. The Balaban J connectivity index is 1.15. The predicted octanol–water partition coefficient (Wildman–Crippen LogP) is 5.12. The molecule has 2 aromatic carbocycles. The lowest BCUT2D eigenvalue weighted by Gasteiger charge is -2.16. The zero-order valence-corrected chi connectivity index (χ0v) is 22.8. The van der Waals surface area contributed by atoms with Gasteiger partial charge in [-0.3, -0.25) is 9.89 Å². The molecule has 2 atom stereocenters.